The molecule has 0 amide bonds. The van der Waals surface area contributed by atoms with Crippen LogP contribution < -0.4 is 5.32 Å². The van der Waals surface area contributed by atoms with Crippen molar-refractivity contribution in [3.05, 3.63) is 36.0 Å². The van der Waals surface area contributed by atoms with Crippen LogP contribution in [0.25, 0.3) is 11.4 Å². The van der Waals surface area contributed by atoms with Gasteiger partial charge in [0.2, 0.25) is 0 Å². The van der Waals surface area contributed by atoms with Crippen molar-refractivity contribution in [2.75, 3.05) is 11.9 Å². The van der Waals surface area contributed by atoms with Gasteiger partial charge in [0.05, 0.1) is 5.69 Å². The molecule has 0 atom stereocenters. The first-order valence-electron chi connectivity index (χ1n) is 5.90. The van der Waals surface area contributed by atoms with Gasteiger partial charge in [-0.2, -0.15) is 0 Å². The first-order chi connectivity index (χ1) is 8.72. The number of aromatic nitrogens is 3. The molecular weight excluding hydrogens is 231 g/mol. The molecule has 0 unspecified atom stereocenters. The number of hydrogen-bond acceptors (Lipinski definition) is 4. The van der Waals surface area contributed by atoms with Crippen LogP contribution in [0.2, 0.25) is 0 Å². The highest BCUT2D eigenvalue weighted by atomic mass is 19.1. The van der Waals surface area contributed by atoms with Crippen molar-refractivity contribution < 1.29 is 4.39 Å². The molecule has 0 bridgehead atoms. The molecule has 0 aliphatic heterocycles. The van der Waals surface area contributed by atoms with E-state index in [1.807, 2.05) is 13.0 Å². The zero-order chi connectivity index (χ0) is 13.0. The molecule has 0 aliphatic carbocycles. The lowest BCUT2D eigenvalue weighted by molar-refractivity contribution is 0.605. The predicted molar refractivity (Wildman–Crippen MR) is 68.7 cm³/mol. The van der Waals surface area contributed by atoms with Crippen molar-refractivity contribution in [1.82, 2.24) is 15.0 Å². The molecule has 0 radical (unpaired) electrons. The number of hydrogen-bond donors (Lipinski definition) is 1. The second kappa shape index (κ2) is 5.53. The lowest BCUT2D eigenvalue weighted by atomic mass is 10.2. The van der Waals surface area contributed by atoms with Crippen molar-refractivity contribution in [2.45, 2.75) is 20.3 Å². The van der Waals surface area contributed by atoms with E-state index < -0.39 is 5.82 Å². The number of pyridine rings is 1. The van der Waals surface area contributed by atoms with Gasteiger partial charge < -0.3 is 5.32 Å². The zero-order valence-electron chi connectivity index (χ0n) is 10.4. The highest BCUT2D eigenvalue weighted by molar-refractivity contribution is 5.56. The molecule has 94 valence electrons. The second-order valence-corrected chi connectivity index (χ2v) is 3.96. The Balaban J connectivity index is 2.41. The average molecular weight is 246 g/mol. The minimum absolute atomic E-state index is 0.253. The maximum atomic E-state index is 13.8. The quantitative estimate of drug-likeness (QED) is 0.901. The maximum Gasteiger partial charge on any atom is 0.186 e. The van der Waals surface area contributed by atoms with Crippen LogP contribution in [0.5, 0.6) is 0 Å². The van der Waals surface area contributed by atoms with Gasteiger partial charge in [0.25, 0.3) is 0 Å². The summed E-state index contributed by atoms with van der Waals surface area (Å²) in [5.41, 5.74) is 1.11. The topological polar surface area (TPSA) is 50.7 Å². The van der Waals surface area contributed by atoms with Gasteiger partial charge in [0.15, 0.2) is 17.5 Å². The molecule has 18 heavy (non-hydrogen) atoms. The van der Waals surface area contributed by atoms with Gasteiger partial charge in [-0.05, 0) is 25.5 Å². The standard InChI is InChI=1S/C13H15FN4/c1-3-6-16-13-11(14)9(2)17-12(18-13)10-5-4-7-15-8-10/h4-5,7-8H,3,6H2,1-2H3,(H,16,17,18). The van der Waals surface area contributed by atoms with Crippen molar-refractivity contribution in [3.63, 3.8) is 0 Å². The Morgan fingerprint density at radius 1 is 1.33 bits per heavy atom. The smallest absolute Gasteiger partial charge is 0.186 e. The van der Waals surface area contributed by atoms with E-state index in [2.05, 4.69) is 20.3 Å². The predicted octanol–water partition coefficient (Wildman–Crippen LogP) is 2.81. The van der Waals surface area contributed by atoms with Gasteiger partial charge in [-0.3, -0.25) is 4.98 Å². The normalized spacial score (nSPS) is 10.4. The van der Waals surface area contributed by atoms with E-state index in [1.54, 1.807) is 25.4 Å². The molecule has 0 fully saturated rings. The monoisotopic (exact) mass is 246 g/mol. The Hall–Kier alpha value is -2.04. The number of nitrogens with one attached hydrogen (secondary N) is 1. The van der Waals surface area contributed by atoms with Crippen LogP contribution in [0.4, 0.5) is 10.2 Å². The van der Waals surface area contributed by atoms with Gasteiger partial charge in [-0.25, -0.2) is 14.4 Å². The molecule has 0 spiro atoms. The maximum absolute atomic E-state index is 13.8. The van der Waals surface area contributed by atoms with Crippen LogP contribution in [0, 0.1) is 12.7 Å². The Morgan fingerprint density at radius 2 is 2.17 bits per heavy atom. The van der Waals surface area contributed by atoms with E-state index in [9.17, 15) is 4.39 Å². The zero-order valence-corrected chi connectivity index (χ0v) is 10.4. The van der Waals surface area contributed by atoms with E-state index in [0.717, 1.165) is 12.0 Å². The van der Waals surface area contributed by atoms with Crippen molar-refractivity contribution in [1.29, 1.82) is 0 Å². The summed E-state index contributed by atoms with van der Waals surface area (Å²) in [6.45, 7) is 4.33. The van der Waals surface area contributed by atoms with Crippen LogP contribution in [0.1, 0.15) is 19.0 Å². The van der Waals surface area contributed by atoms with Crippen molar-refractivity contribution >= 4 is 5.82 Å². The highest BCUT2D eigenvalue weighted by Gasteiger charge is 2.12. The molecule has 5 heteroatoms. The van der Waals surface area contributed by atoms with E-state index in [-0.39, 0.29) is 5.82 Å². The number of rotatable bonds is 4. The number of anilines is 1. The summed E-state index contributed by atoms with van der Waals surface area (Å²) in [6, 6.07) is 3.65. The number of aryl methyl sites for hydroxylation is 1. The summed E-state index contributed by atoms with van der Waals surface area (Å²) < 4.78 is 13.8. The Kier molecular flexibility index (Phi) is 3.82. The minimum atomic E-state index is -0.393. The largest absolute Gasteiger partial charge is 0.368 e. The third kappa shape index (κ3) is 2.61. The van der Waals surface area contributed by atoms with Gasteiger partial charge in [0, 0.05) is 24.5 Å². The highest BCUT2D eigenvalue weighted by Crippen LogP contribution is 2.20. The Bertz CT molecular complexity index is 528. The fourth-order valence-corrected chi connectivity index (χ4v) is 1.54. The molecule has 2 heterocycles. The average Bonchev–Trinajstić information content (AvgIpc) is 2.41. The number of nitrogens with zero attached hydrogens (tertiary/aromatic N) is 3. The SMILES string of the molecule is CCCNc1nc(-c2cccnc2)nc(C)c1F. The molecule has 2 rings (SSSR count). The lowest BCUT2D eigenvalue weighted by Gasteiger charge is -2.09. The first-order valence-corrected chi connectivity index (χ1v) is 5.90. The van der Waals surface area contributed by atoms with Gasteiger partial charge in [-0.15, -0.1) is 0 Å². The van der Waals surface area contributed by atoms with Crippen molar-refractivity contribution in [3.8, 4) is 11.4 Å². The molecule has 2 aromatic rings. The summed E-state index contributed by atoms with van der Waals surface area (Å²) in [6.07, 6.45) is 4.25. The molecular formula is C13H15FN4. The lowest BCUT2D eigenvalue weighted by Crippen LogP contribution is -2.08. The van der Waals surface area contributed by atoms with E-state index in [4.69, 9.17) is 0 Å². The summed E-state index contributed by atoms with van der Waals surface area (Å²) in [5, 5.41) is 2.97. The summed E-state index contributed by atoms with van der Waals surface area (Å²) >= 11 is 0. The summed E-state index contributed by atoms with van der Waals surface area (Å²) in [4.78, 5) is 12.4. The van der Waals surface area contributed by atoms with E-state index in [1.165, 1.54) is 0 Å². The van der Waals surface area contributed by atoms with E-state index >= 15 is 0 Å². The fourth-order valence-electron chi connectivity index (χ4n) is 1.54. The first kappa shape index (κ1) is 12.4. The van der Waals surface area contributed by atoms with Gasteiger partial charge in [-0.1, -0.05) is 6.92 Å². The Labute approximate surface area is 105 Å². The van der Waals surface area contributed by atoms with Crippen LogP contribution in [0.15, 0.2) is 24.5 Å². The Morgan fingerprint density at radius 3 is 2.83 bits per heavy atom. The van der Waals surface area contributed by atoms with Gasteiger partial charge >= 0.3 is 0 Å². The minimum Gasteiger partial charge on any atom is -0.368 e. The number of halogens is 1. The second-order valence-electron chi connectivity index (χ2n) is 3.96. The summed E-state index contributed by atoms with van der Waals surface area (Å²) in [7, 11) is 0. The molecule has 0 aliphatic rings. The van der Waals surface area contributed by atoms with E-state index in [0.29, 0.717) is 18.1 Å². The van der Waals surface area contributed by atoms with Crippen LogP contribution in [-0.4, -0.2) is 21.5 Å². The molecule has 4 nitrogen and oxygen atoms in total. The molecule has 1 N–H and O–H groups in total. The van der Waals surface area contributed by atoms with Crippen LogP contribution in [-0.2, 0) is 0 Å². The fraction of sp³-hybridized carbons (Fsp3) is 0.308. The molecule has 0 saturated heterocycles. The van der Waals surface area contributed by atoms with Crippen LogP contribution >= 0.6 is 0 Å². The van der Waals surface area contributed by atoms with Crippen LogP contribution in [0.3, 0.4) is 0 Å². The summed E-state index contributed by atoms with van der Waals surface area (Å²) in [5.74, 6) is 0.347. The third-order valence-electron chi connectivity index (χ3n) is 2.48. The van der Waals surface area contributed by atoms with Gasteiger partial charge in [0.1, 0.15) is 0 Å². The molecule has 2 aromatic heterocycles. The third-order valence-corrected chi connectivity index (χ3v) is 2.48. The molecule has 0 saturated carbocycles. The molecule has 0 aromatic carbocycles. The van der Waals surface area contributed by atoms with Crippen molar-refractivity contribution in [2.24, 2.45) is 0 Å².